The lowest BCUT2D eigenvalue weighted by molar-refractivity contribution is 0.0781. The van der Waals surface area contributed by atoms with Gasteiger partial charge >= 0.3 is 0 Å². The van der Waals surface area contributed by atoms with Crippen molar-refractivity contribution in [3.8, 4) is 6.07 Å². The number of hydrogen-bond acceptors (Lipinski definition) is 5. The Kier molecular flexibility index (Phi) is 5.94. The lowest BCUT2D eigenvalue weighted by atomic mass is 10.1. The topological polar surface area (TPSA) is 70.1 Å². The van der Waals surface area contributed by atoms with E-state index in [1.54, 1.807) is 35.8 Å². The minimum Gasteiger partial charge on any atom is -0.360 e. The monoisotopic (exact) mass is 377 g/mol. The number of amides is 1. The van der Waals surface area contributed by atoms with E-state index in [-0.39, 0.29) is 5.91 Å². The molecule has 3 aromatic rings. The Morgan fingerprint density at radius 3 is 2.78 bits per heavy atom. The standard InChI is InChI=1S/C21H19N3O2S/c1-15-10-18(26-23-15)14-27-20-9-4-3-8-19(20)21(25)24(2)13-17-7-5-6-16(11-17)12-22/h3-11H,13-14H2,1-2H3. The average Bonchev–Trinajstić information content (AvgIpc) is 3.11. The van der Waals surface area contributed by atoms with E-state index in [4.69, 9.17) is 9.78 Å². The van der Waals surface area contributed by atoms with E-state index >= 15 is 0 Å². The van der Waals surface area contributed by atoms with Gasteiger partial charge in [-0.3, -0.25) is 4.79 Å². The number of benzene rings is 2. The Bertz CT molecular complexity index is 991. The van der Waals surface area contributed by atoms with Gasteiger partial charge in [0.1, 0.15) is 5.76 Å². The molecule has 0 aliphatic rings. The summed E-state index contributed by atoms with van der Waals surface area (Å²) in [5.74, 6) is 1.33. The molecule has 136 valence electrons. The van der Waals surface area contributed by atoms with Crippen molar-refractivity contribution < 1.29 is 9.32 Å². The smallest absolute Gasteiger partial charge is 0.255 e. The minimum absolute atomic E-state index is 0.0609. The van der Waals surface area contributed by atoms with Crippen molar-refractivity contribution in [2.45, 2.75) is 24.1 Å². The molecular formula is C21H19N3O2S. The van der Waals surface area contributed by atoms with Crippen molar-refractivity contribution >= 4 is 17.7 Å². The number of nitriles is 1. The van der Waals surface area contributed by atoms with Gasteiger partial charge in [-0.15, -0.1) is 11.8 Å². The van der Waals surface area contributed by atoms with Gasteiger partial charge in [0.25, 0.3) is 5.91 Å². The number of rotatable bonds is 6. The van der Waals surface area contributed by atoms with E-state index < -0.39 is 0 Å². The second kappa shape index (κ2) is 8.56. The highest BCUT2D eigenvalue weighted by Gasteiger charge is 2.17. The summed E-state index contributed by atoms with van der Waals surface area (Å²) in [7, 11) is 1.77. The van der Waals surface area contributed by atoms with Crippen LogP contribution in [0.2, 0.25) is 0 Å². The van der Waals surface area contributed by atoms with Crippen LogP contribution in [0.3, 0.4) is 0 Å². The summed E-state index contributed by atoms with van der Waals surface area (Å²) >= 11 is 1.55. The van der Waals surface area contributed by atoms with Gasteiger partial charge in [0.15, 0.2) is 0 Å². The number of aromatic nitrogens is 1. The quantitative estimate of drug-likeness (QED) is 0.595. The lowest BCUT2D eigenvalue weighted by Gasteiger charge is -2.19. The molecule has 0 unspecified atom stereocenters. The number of thioether (sulfide) groups is 1. The van der Waals surface area contributed by atoms with Crippen LogP contribution in [0.4, 0.5) is 0 Å². The van der Waals surface area contributed by atoms with Crippen LogP contribution in [-0.2, 0) is 12.3 Å². The molecule has 0 fully saturated rings. The first-order chi connectivity index (χ1) is 13.1. The van der Waals surface area contributed by atoms with Crippen LogP contribution in [-0.4, -0.2) is 23.0 Å². The summed E-state index contributed by atoms with van der Waals surface area (Å²) in [5, 5.41) is 12.9. The van der Waals surface area contributed by atoms with E-state index in [0.717, 1.165) is 21.9 Å². The van der Waals surface area contributed by atoms with Crippen molar-refractivity contribution in [1.29, 1.82) is 5.26 Å². The summed E-state index contributed by atoms with van der Waals surface area (Å²) in [4.78, 5) is 15.5. The number of carbonyl (C=O) groups is 1. The van der Waals surface area contributed by atoms with Crippen LogP contribution < -0.4 is 0 Å². The van der Waals surface area contributed by atoms with Gasteiger partial charge < -0.3 is 9.42 Å². The van der Waals surface area contributed by atoms with Crippen molar-refractivity contribution in [2.24, 2.45) is 0 Å². The first-order valence-electron chi connectivity index (χ1n) is 8.45. The van der Waals surface area contributed by atoms with Gasteiger partial charge in [0.2, 0.25) is 0 Å². The zero-order valence-electron chi connectivity index (χ0n) is 15.2. The number of aryl methyl sites for hydroxylation is 1. The Morgan fingerprint density at radius 1 is 1.22 bits per heavy atom. The molecule has 1 heterocycles. The summed E-state index contributed by atoms with van der Waals surface area (Å²) < 4.78 is 5.24. The van der Waals surface area contributed by atoms with Crippen molar-refractivity contribution in [3.63, 3.8) is 0 Å². The molecule has 1 amide bonds. The molecule has 6 heteroatoms. The fraction of sp³-hybridized carbons (Fsp3) is 0.190. The largest absolute Gasteiger partial charge is 0.360 e. The van der Waals surface area contributed by atoms with Gasteiger partial charge in [-0.2, -0.15) is 5.26 Å². The Morgan fingerprint density at radius 2 is 2.04 bits per heavy atom. The lowest BCUT2D eigenvalue weighted by Crippen LogP contribution is -2.26. The normalized spacial score (nSPS) is 10.4. The first kappa shape index (κ1) is 18.7. The highest BCUT2D eigenvalue weighted by Crippen LogP contribution is 2.27. The van der Waals surface area contributed by atoms with E-state index in [0.29, 0.717) is 23.4 Å². The molecular weight excluding hydrogens is 358 g/mol. The van der Waals surface area contributed by atoms with Crippen molar-refractivity contribution in [1.82, 2.24) is 10.1 Å². The Labute approximate surface area is 162 Å². The maximum atomic E-state index is 13.0. The summed E-state index contributed by atoms with van der Waals surface area (Å²) in [6.07, 6.45) is 0. The highest BCUT2D eigenvalue weighted by atomic mass is 32.2. The molecule has 5 nitrogen and oxygen atoms in total. The molecule has 3 rings (SSSR count). The molecule has 0 bridgehead atoms. The van der Waals surface area contributed by atoms with Gasteiger partial charge in [0.05, 0.1) is 28.6 Å². The van der Waals surface area contributed by atoms with Crippen LogP contribution in [0.1, 0.15) is 32.9 Å². The average molecular weight is 377 g/mol. The van der Waals surface area contributed by atoms with Crippen molar-refractivity contribution in [2.75, 3.05) is 7.05 Å². The number of carbonyl (C=O) groups excluding carboxylic acids is 1. The van der Waals surface area contributed by atoms with Gasteiger partial charge in [-0.25, -0.2) is 0 Å². The maximum Gasteiger partial charge on any atom is 0.255 e. The molecule has 0 saturated heterocycles. The van der Waals surface area contributed by atoms with Crippen molar-refractivity contribution in [3.05, 3.63) is 82.7 Å². The number of hydrogen-bond donors (Lipinski definition) is 0. The van der Waals surface area contributed by atoms with Crippen LogP contribution in [0, 0.1) is 18.3 Å². The summed E-state index contributed by atoms with van der Waals surface area (Å²) in [6.45, 7) is 2.32. The molecule has 2 aromatic carbocycles. The Balaban J connectivity index is 1.72. The minimum atomic E-state index is -0.0609. The molecule has 0 aliphatic heterocycles. The zero-order chi connectivity index (χ0) is 19.2. The second-order valence-electron chi connectivity index (χ2n) is 6.19. The van der Waals surface area contributed by atoms with Gasteiger partial charge in [0, 0.05) is 24.6 Å². The van der Waals surface area contributed by atoms with Crippen LogP contribution in [0.25, 0.3) is 0 Å². The van der Waals surface area contributed by atoms with Crippen LogP contribution >= 0.6 is 11.8 Å². The fourth-order valence-electron chi connectivity index (χ4n) is 2.69. The van der Waals surface area contributed by atoms with Crippen LogP contribution in [0.15, 0.2) is 64.0 Å². The van der Waals surface area contributed by atoms with Gasteiger partial charge in [-0.05, 0) is 36.8 Å². The second-order valence-corrected chi connectivity index (χ2v) is 7.21. The first-order valence-corrected chi connectivity index (χ1v) is 9.44. The third-order valence-corrected chi connectivity index (χ3v) is 5.08. The molecule has 27 heavy (non-hydrogen) atoms. The molecule has 0 N–H and O–H groups in total. The van der Waals surface area contributed by atoms with Crippen LogP contribution in [0.5, 0.6) is 0 Å². The third-order valence-electron chi connectivity index (χ3n) is 3.99. The molecule has 1 aromatic heterocycles. The molecule has 0 atom stereocenters. The van der Waals surface area contributed by atoms with E-state index in [9.17, 15) is 4.79 Å². The summed E-state index contributed by atoms with van der Waals surface area (Å²) in [5.41, 5.74) is 3.01. The van der Waals surface area contributed by atoms with E-state index in [1.807, 2.05) is 49.4 Å². The number of nitrogens with zero attached hydrogens (tertiary/aromatic N) is 3. The predicted molar refractivity (Wildman–Crippen MR) is 104 cm³/mol. The fourth-order valence-corrected chi connectivity index (χ4v) is 3.61. The highest BCUT2D eigenvalue weighted by molar-refractivity contribution is 7.98. The summed E-state index contributed by atoms with van der Waals surface area (Å²) in [6, 6.07) is 18.9. The maximum absolute atomic E-state index is 13.0. The molecule has 0 saturated carbocycles. The molecule has 0 aliphatic carbocycles. The van der Waals surface area contributed by atoms with Gasteiger partial charge in [-0.1, -0.05) is 29.4 Å². The SMILES string of the molecule is Cc1cc(CSc2ccccc2C(=O)N(C)Cc2cccc(C#N)c2)on1. The predicted octanol–water partition coefficient (Wildman–Crippen LogP) is 4.42. The molecule has 0 radical (unpaired) electrons. The third kappa shape index (κ3) is 4.78. The van der Waals surface area contributed by atoms with E-state index in [2.05, 4.69) is 11.2 Å². The zero-order valence-corrected chi connectivity index (χ0v) is 16.0. The Hall–Kier alpha value is -3.04. The molecule has 0 spiro atoms. The van der Waals surface area contributed by atoms with E-state index in [1.165, 1.54) is 0 Å².